The molecular weight excluding hydrogens is 265 g/mol. The van der Waals surface area contributed by atoms with Crippen LogP contribution in [0.1, 0.15) is 5.56 Å². The zero-order chi connectivity index (χ0) is 13.8. The fraction of sp³-hybridized carbons (Fsp3) is 0.143. The fourth-order valence-corrected chi connectivity index (χ4v) is 2.85. The van der Waals surface area contributed by atoms with E-state index in [4.69, 9.17) is 10.5 Å². The molecule has 2 N–H and O–H groups in total. The summed E-state index contributed by atoms with van der Waals surface area (Å²) in [4.78, 5) is 0.656. The van der Waals surface area contributed by atoms with Crippen molar-refractivity contribution in [3.63, 3.8) is 0 Å². The van der Waals surface area contributed by atoms with Crippen molar-refractivity contribution in [3.05, 3.63) is 53.8 Å². The normalized spacial score (nSPS) is 12.1. The van der Waals surface area contributed by atoms with Crippen molar-refractivity contribution in [1.82, 2.24) is 0 Å². The maximum atomic E-state index is 12.9. The second-order valence-electron chi connectivity index (χ2n) is 4.01. The molecule has 2 aromatic carbocycles. The van der Waals surface area contributed by atoms with Crippen LogP contribution in [0.15, 0.2) is 47.4 Å². The van der Waals surface area contributed by atoms with Gasteiger partial charge in [0.2, 0.25) is 0 Å². The molecule has 1 atom stereocenters. The molecule has 0 saturated carbocycles. The summed E-state index contributed by atoms with van der Waals surface area (Å²) < 4.78 is 30.2. The van der Waals surface area contributed by atoms with E-state index in [-0.39, 0.29) is 5.75 Å². The van der Waals surface area contributed by atoms with Gasteiger partial charge in [-0.3, -0.25) is 4.21 Å². The molecule has 0 aliphatic carbocycles. The van der Waals surface area contributed by atoms with E-state index in [1.807, 2.05) is 0 Å². The van der Waals surface area contributed by atoms with Crippen molar-refractivity contribution < 1.29 is 13.3 Å². The van der Waals surface area contributed by atoms with Crippen LogP contribution in [0, 0.1) is 5.82 Å². The smallest absolute Gasteiger partial charge is 0.125 e. The van der Waals surface area contributed by atoms with E-state index in [0.29, 0.717) is 21.9 Å². The minimum atomic E-state index is -1.25. The van der Waals surface area contributed by atoms with E-state index in [9.17, 15) is 8.60 Å². The lowest BCUT2D eigenvalue weighted by Gasteiger charge is -2.07. The number of anilines is 1. The van der Waals surface area contributed by atoms with Gasteiger partial charge in [0.15, 0.2) is 0 Å². The molecule has 3 nitrogen and oxygen atoms in total. The Morgan fingerprint density at radius 2 is 2.05 bits per heavy atom. The highest BCUT2D eigenvalue weighted by Crippen LogP contribution is 2.21. The standard InChI is InChI=1S/C14H14FNO2S/c1-18-12-3-2-4-13(8-12)19(17)9-10-5-6-11(15)7-14(10)16/h2-8H,9,16H2,1H3. The Kier molecular flexibility index (Phi) is 4.16. The zero-order valence-electron chi connectivity index (χ0n) is 10.4. The van der Waals surface area contributed by atoms with Crippen LogP contribution in [-0.4, -0.2) is 11.3 Å². The Hall–Kier alpha value is -1.88. The van der Waals surface area contributed by atoms with Crippen LogP contribution in [-0.2, 0) is 16.6 Å². The van der Waals surface area contributed by atoms with Gasteiger partial charge in [-0.05, 0) is 35.9 Å². The largest absolute Gasteiger partial charge is 0.497 e. The molecular formula is C14H14FNO2S. The molecule has 19 heavy (non-hydrogen) atoms. The third-order valence-electron chi connectivity index (χ3n) is 2.70. The quantitative estimate of drug-likeness (QED) is 0.875. The van der Waals surface area contributed by atoms with Crippen molar-refractivity contribution in [2.75, 3.05) is 12.8 Å². The van der Waals surface area contributed by atoms with Crippen LogP contribution < -0.4 is 10.5 Å². The van der Waals surface area contributed by atoms with Gasteiger partial charge in [-0.25, -0.2) is 4.39 Å². The van der Waals surface area contributed by atoms with Gasteiger partial charge in [0.1, 0.15) is 11.6 Å². The van der Waals surface area contributed by atoms with Crippen molar-refractivity contribution in [2.24, 2.45) is 0 Å². The summed E-state index contributed by atoms with van der Waals surface area (Å²) in [6.07, 6.45) is 0. The van der Waals surface area contributed by atoms with E-state index >= 15 is 0 Å². The van der Waals surface area contributed by atoms with Gasteiger partial charge in [0.25, 0.3) is 0 Å². The van der Waals surface area contributed by atoms with Gasteiger partial charge in [-0.15, -0.1) is 0 Å². The first-order valence-electron chi connectivity index (χ1n) is 5.66. The lowest BCUT2D eigenvalue weighted by atomic mass is 10.2. The van der Waals surface area contributed by atoms with Gasteiger partial charge >= 0.3 is 0 Å². The predicted octanol–water partition coefficient (Wildman–Crippen LogP) is 2.72. The first-order valence-corrected chi connectivity index (χ1v) is 6.98. The Labute approximate surface area is 113 Å². The summed E-state index contributed by atoms with van der Waals surface area (Å²) in [6.45, 7) is 0. The summed E-state index contributed by atoms with van der Waals surface area (Å²) in [7, 11) is 0.310. The minimum Gasteiger partial charge on any atom is -0.497 e. The average molecular weight is 279 g/mol. The summed E-state index contributed by atoms with van der Waals surface area (Å²) in [6, 6.07) is 11.1. The molecule has 0 heterocycles. The van der Waals surface area contributed by atoms with E-state index in [0.717, 1.165) is 0 Å². The number of benzene rings is 2. The predicted molar refractivity (Wildman–Crippen MR) is 73.9 cm³/mol. The van der Waals surface area contributed by atoms with Gasteiger partial charge < -0.3 is 10.5 Å². The van der Waals surface area contributed by atoms with Crippen LogP contribution in [0.5, 0.6) is 5.75 Å². The van der Waals surface area contributed by atoms with Gasteiger partial charge in [0.05, 0.1) is 23.7 Å². The first kappa shape index (κ1) is 13.5. The molecule has 0 aromatic heterocycles. The number of hydrogen-bond acceptors (Lipinski definition) is 3. The molecule has 2 aromatic rings. The minimum absolute atomic E-state index is 0.249. The highest BCUT2D eigenvalue weighted by Gasteiger charge is 2.09. The summed E-state index contributed by atoms with van der Waals surface area (Å²) in [5.41, 5.74) is 6.69. The summed E-state index contributed by atoms with van der Waals surface area (Å²) >= 11 is 0. The molecule has 0 fully saturated rings. The van der Waals surface area contributed by atoms with Crippen molar-refractivity contribution >= 4 is 16.5 Å². The average Bonchev–Trinajstić information content (AvgIpc) is 2.42. The molecule has 0 bridgehead atoms. The summed E-state index contributed by atoms with van der Waals surface area (Å²) in [5, 5.41) is 0. The lowest BCUT2D eigenvalue weighted by Crippen LogP contribution is -2.01. The molecule has 0 amide bonds. The third kappa shape index (κ3) is 3.32. The number of rotatable bonds is 4. The Morgan fingerprint density at radius 1 is 1.26 bits per heavy atom. The van der Waals surface area contributed by atoms with Crippen LogP contribution in [0.2, 0.25) is 0 Å². The van der Waals surface area contributed by atoms with E-state index in [2.05, 4.69) is 0 Å². The summed E-state index contributed by atoms with van der Waals surface area (Å²) in [5.74, 6) is 0.505. The van der Waals surface area contributed by atoms with Crippen molar-refractivity contribution in [3.8, 4) is 5.75 Å². The van der Waals surface area contributed by atoms with Gasteiger partial charge in [0, 0.05) is 10.6 Å². The molecule has 2 rings (SSSR count). The van der Waals surface area contributed by atoms with Gasteiger partial charge in [-0.1, -0.05) is 12.1 Å². The molecule has 0 spiro atoms. The molecule has 0 radical (unpaired) electrons. The number of hydrogen-bond donors (Lipinski definition) is 1. The van der Waals surface area contributed by atoms with Crippen molar-refractivity contribution in [1.29, 1.82) is 0 Å². The van der Waals surface area contributed by atoms with E-state index in [1.165, 1.54) is 12.1 Å². The Morgan fingerprint density at radius 3 is 2.74 bits per heavy atom. The zero-order valence-corrected chi connectivity index (χ0v) is 11.2. The monoisotopic (exact) mass is 279 g/mol. The van der Waals surface area contributed by atoms with Gasteiger partial charge in [-0.2, -0.15) is 0 Å². The second kappa shape index (κ2) is 5.84. The maximum Gasteiger partial charge on any atom is 0.125 e. The van der Waals surface area contributed by atoms with E-state index < -0.39 is 16.6 Å². The molecule has 5 heteroatoms. The highest BCUT2D eigenvalue weighted by atomic mass is 32.2. The first-order chi connectivity index (χ1) is 9.10. The molecule has 100 valence electrons. The lowest BCUT2D eigenvalue weighted by molar-refractivity contribution is 0.413. The Balaban J connectivity index is 2.20. The SMILES string of the molecule is COc1cccc(S(=O)Cc2ccc(F)cc2N)c1. The van der Waals surface area contributed by atoms with Crippen LogP contribution >= 0.6 is 0 Å². The Bertz CT molecular complexity index is 616. The van der Waals surface area contributed by atoms with Crippen LogP contribution in [0.3, 0.4) is 0 Å². The number of methoxy groups -OCH3 is 1. The maximum absolute atomic E-state index is 12.9. The van der Waals surface area contributed by atoms with E-state index in [1.54, 1.807) is 37.4 Å². The number of ether oxygens (including phenoxy) is 1. The number of nitrogens with two attached hydrogens (primary N) is 1. The third-order valence-corrected chi connectivity index (χ3v) is 4.05. The van der Waals surface area contributed by atoms with Crippen LogP contribution in [0.25, 0.3) is 0 Å². The molecule has 0 aliphatic rings. The molecule has 1 unspecified atom stereocenters. The highest BCUT2D eigenvalue weighted by molar-refractivity contribution is 7.84. The topological polar surface area (TPSA) is 52.3 Å². The van der Waals surface area contributed by atoms with Crippen molar-refractivity contribution in [2.45, 2.75) is 10.6 Å². The second-order valence-corrected chi connectivity index (χ2v) is 5.46. The fourth-order valence-electron chi connectivity index (χ4n) is 1.66. The number of halogens is 1. The molecule has 0 saturated heterocycles. The number of nitrogen functional groups attached to an aromatic ring is 1. The molecule has 0 aliphatic heterocycles. The van der Waals surface area contributed by atoms with Crippen LogP contribution in [0.4, 0.5) is 10.1 Å².